The van der Waals surface area contributed by atoms with Crippen molar-refractivity contribution in [2.75, 3.05) is 19.7 Å². The van der Waals surface area contributed by atoms with Gasteiger partial charge in [-0.25, -0.2) is 0 Å². The van der Waals surface area contributed by atoms with Crippen LogP contribution in [-0.2, 0) is 4.74 Å². The predicted octanol–water partition coefficient (Wildman–Crippen LogP) is 1.61. The highest BCUT2D eigenvalue weighted by Crippen LogP contribution is 2.39. The molecule has 1 saturated heterocycles. The lowest BCUT2D eigenvalue weighted by molar-refractivity contribution is -0.154. The van der Waals surface area contributed by atoms with Gasteiger partial charge in [-0.1, -0.05) is 13.8 Å². The summed E-state index contributed by atoms with van der Waals surface area (Å²) < 4.78 is 5.91. The number of ether oxygens (including phenoxy) is 1. The maximum Gasteiger partial charge on any atom is 0.0788 e. The van der Waals surface area contributed by atoms with Gasteiger partial charge >= 0.3 is 0 Å². The average molecular weight is 226 g/mol. The van der Waals surface area contributed by atoms with E-state index in [2.05, 4.69) is 18.7 Å². The zero-order valence-corrected chi connectivity index (χ0v) is 10.7. The molecule has 0 amide bonds. The third-order valence-corrected chi connectivity index (χ3v) is 4.08. The summed E-state index contributed by atoms with van der Waals surface area (Å²) in [6.07, 6.45) is 5.32. The van der Waals surface area contributed by atoms with Gasteiger partial charge in [0.1, 0.15) is 0 Å². The Labute approximate surface area is 99.3 Å². The Morgan fingerprint density at radius 3 is 2.56 bits per heavy atom. The summed E-state index contributed by atoms with van der Waals surface area (Å²) in [6, 6.07) is 0.841. The highest BCUT2D eigenvalue weighted by atomic mass is 16.5. The van der Waals surface area contributed by atoms with E-state index in [4.69, 9.17) is 10.5 Å². The molecule has 4 unspecified atom stereocenters. The molecular formula is C13H26N2O. The van der Waals surface area contributed by atoms with Crippen LogP contribution in [0.15, 0.2) is 0 Å². The number of fused-ring (bicyclic) bond motifs is 1. The van der Waals surface area contributed by atoms with Crippen molar-refractivity contribution in [3.63, 3.8) is 0 Å². The Balaban J connectivity index is 1.96. The molecule has 0 bridgehead atoms. The largest absolute Gasteiger partial charge is 0.376 e. The van der Waals surface area contributed by atoms with Gasteiger partial charge in [0.2, 0.25) is 0 Å². The highest BCUT2D eigenvalue weighted by molar-refractivity contribution is 5.08. The second-order valence-corrected chi connectivity index (χ2v) is 5.25. The molecule has 2 N–H and O–H groups in total. The zero-order chi connectivity index (χ0) is 11.5. The van der Waals surface area contributed by atoms with Crippen molar-refractivity contribution in [3.8, 4) is 0 Å². The molecule has 94 valence electrons. The first-order valence-corrected chi connectivity index (χ1v) is 6.90. The van der Waals surface area contributed by atoms with Crippen molar-refractivity contribution in [2.45, 2.75) is 57.7 Å². The molecule has 0 radical (unpaired) electrons. The molecule has 4 atom stereocenters. The van der Waals surface area contributed by atoms with Gasteiger partial charge in [-0.15, -0.1) is 0 Å². The highest BCUT2D eigenvalue weighted by Gasteiger charge is 2.52. The van der Waals surface area contributed by atoms with Gasteiger partial charge in [0, 0.05) is 18.6 Å². The van der Waals surface area contributed by atoms with E-state index in [9.17, 15) is 0 Å². The van der Waals surface area contributed by atoms with E-state index in [1.807, 2.05) is 0 Å². The Morgan fingerprint density at radius 1 is 1.25 bits per heavy atom. The third kappa shape index (κ3) is 2.13. The van der Waals surface area contributed by atoms with Gasteiger partial charge in [-0.3, -0.25) is 4.90 Å². The number of hydrogen-bond donors (Lipinski definition) is 1. The second-order valence-electron chi connectivity index (χ2n) is 5.25. The Morgan fingerprint density at radius 2 is 1.94 bits per heavy atom. The van der Waals surface area contributed by atoms with Crippen LogP contribution in [0.5, 0.6) is 0 Å². The minimum Gasteiger partial charge on any atom is -0.376 e. The maximum absolute atomic E-state index is 6.32. The molecule has 1 aliphatic carbocycles. The molecule has 0 aromatic carbocycles. The van der Waals surface area contributed by atoms with Crippen molar-refractivity contribution in [3.05, 3.63) is 0 Å². The first-order valence-electron chi connectivity index (χ1n) is 6.90. The van der Waals surface area contributed by atoms with Crippen LogP contribution in [0.4, 0.5) is 0 Å². The first kappa shape index (κ1) is 12.3. The molecule has 2 fully saturated rings. The summed E-state index contributed by atoms with van der Waals surface area (Å²) in [5.41, 5.74) is 6.32. The van der Waals surface area contributed by atoms with E-state index in [0.29, 0.717) is 24.1 Å². The normalized spacial score (nSPS) is 38.2. The molecular weight excluding hydrogens is 200 g/mol. The van der Waals surface area contributed by atoms with Crippen molar-refractivity contribution in [2.24, 2.45) is 11.7 Å². The topological polar surface area (TPSA) is 38.5 Å². The number of nitrogens with two attached hydrogens (primary N) is 1. The van der Waals surface area contributed by atoms with Gasteiger partial charge < -0.3 is 10.5 Å². The number of hydrogen-bond acceptors (Lipinski definition) is 3. The first-order chi connectivity index (χ1) is 7.79. The van der Waals surface area contributed by atoms with Gasteiger partial charge in [0.05, 0.1) is 12.1 Å². The lowest BCUT2D eigenvalue weighted by atomic mass is 9.68. The Kier molecular flexibility index (Phi) is 4.22. The quantitative estimate of drug-likeness (QED) is 0.774. The molecule has 2 aliphatic rings. The van der Waals surface area contributed by atoms with E-state index >= 15 is 0 Å². The molecule has 0 aromatic rings. The van der Waals surface area contributed by atoms with Crippen LogP contribution >= 0.6 is 0 Å². The van der Waals surface area contributed by atoms with Gasteiger partial charge in [-0.05, 0) is 38.8 Å². The standard InChI is InChI=1S/C13H26N2O/c1-3-7-15(8-4-2)12-11(14)10-6-5-9-16-13(10)12/h10-13H,3-9,14H2,1-2H3. The summed E-state index contributed by atoms with van der Waals surface area (Å²) in [7, 11) is 0. The molecule has 2 rings (SSSR count). The fraction of sp³-hybridized carbons (Fsp3) is 1.00. The van der Waals surface area contributed by atoms with Crippen LogP contribution in [0.1, 0.15) is 39.5 Å². The lowest BCUT2D eigenvalue weighted by Crippen LogP contribution is -2.72. The van der Waals surface area contributed by atoms with Gasteiger partial charge in [0.15, 0.2) is 0 Å². The van der Waals surface area contributed by atoms with Crippen LogP contribution in [0.25, 0.3) is 0 Å². The summed E-state index contributed by atoms with van der Waals surface area (Å²) in [4.78, 5) is 2.55. The van der Waals surface area contributed by atoms with Crippen molar-refractivity contribution < 1.29 is 4.74 Å². The molecule has 0 spiro atoms. The molecule has 1 aliphatic heterocycles. The van der Waals surface area contributed by atoms with Gasteiger partial charge in [-0.2, -0.15) is 0 Å². The van der Waals surface area contributed by atoms with Crippen molar-refractivity contribution >= 4 is 0 Å². The zero-order valence-electron chi connectivity index (χ0n) is 10.7. The van der Waals surface area contributed by atoms with Crippen molar-refractivity contribution in [1.29, 1.82) is 0 Å². The van der Waals surface area contributed by atoms with E-state index < -0.39 is 0 Å². The fourth-order valence-corrected chi connectivity index (χ4v) is 3.35. The van der Waals surface area contributed by atoms with Crippen molar-refractivity contribution in [1.82, 2.24) is 4.90 Å². The monoisotopic (exact) mass is 226 g/mol. The molecule has 1 saturated carbocycles. The minimum absolute atomic E-state index is 0.350. The summed E-state index contributed by atoms with van der Waals surface area (Å²) in [5, 5.41) is 0. The van der Waals surface area contributed by atoms with Gasteiger partial charge in [0.25, 0.3) is 0 Å². The average Bonchev–Trinajstić information content (AvgIpc) is 2.29. The van der Waals surface area contributed by atoms with E-state index in [1.54, 1.807) is 0 Å². The molecule has 16 heavy (non-hydrogen) atoms. The predicted molar refractivity (Wildman–Crippen MR) is 66.4 cm³/mol. The van der Waals surface area contributed by atoms with E-state index in [1.165, 1.54) is 38.8 Å². The second kappa shape index (κ2) is 5.48. The molecule has 3 heteroatoms. The van der Waals surface area contributed by atoms with Crippen LogP contribution in [0.2, 0.25) is 0 Å². The van der Waals surface area contributed by atoms with Crippen LogP contribution < -0.4 is 5.73 Å². The van der Waals surface area contributed by atoms with E-state index in [-0.39, 0.29) is 0 Å². The molecule has 1 heterocycles. The summed E-state index contributed by atoms with van der Waals surface area (Å²) in [5.74, 6) is 0.634. The smallest absolute Gasteiger partial charge is 0.0788 e. The fourth-order valence-electron chi connectivity index (χ4n) is 3.35. The van der Waals surface area contributed by atoms with Crippen LogP contribution in [0.3, 0.4) is 0 Å². The molecule has 0 aromatic heterocycles. The molecule has 3 nitrogen and oxygen atoms in total. The number of rotatable bonds is 5. The van der Waals surface area contributed by atoms with Crippen LogP contribution in [-0.4, -0.2) is 42.8 Å². The Bertz CT molecular complexity index is 216. The van der Waals surface area contributed by atoms with Crippen LogP contribution in [0, 0.1) is 5.92 Å². The minimum atomic E-state index is 0.350. The lowest BCUT2D eigenvalue weighted by Gasteiger charge is -2.56. The maximum atomic E-state index is 6.32. The third-order valence-electron chi connectivity index (χ3n) is 4.08. The summed E-state index contributed by atoms with van der Waals surface area (Å²) >= 11 is 0. The Hall–Kier alpha value is -0.120. The summed E-state index contributed by atoms with van der Waals surface area (Å²) in [6.45, 7) is 7.76. The SMILES string of the molecule is CCCN(CCC)C1C(N)C2CCCOC21. The number of nitrogens with zero attached hydrogens (tertiary/aromatic N) is 1. The van der Waals surface area contributed by atoms with E-state index in [0.717, 1.165) is 6.61 Å².